The van der Waals surface area contributed by atoms with Crippen molar-refractivity contribution >= 4 is 22.4 Å². The van der Waals surface area contributed by atoms with E-state index in [1.165, 1.54) is 16.1 Å². The van der Waals surface area contributed by atoms with Gasteiger partial charge < -0.3 is 5.32 Å². The Balaban J connectivity index is 1.67. The Morgan fingerprint density at radius 2 is 2.14 bits per heavy atom. The highest BCUT2D eigenvalue weighted by Crippen LogP contribution is 2.14. The van der Waals surface area contributed by atoms with E-state index in [1.54, 1.807) is 11.6 Å². The molecule has 0 fully saturated rings. The van der Waals surface area contributed by atoms with Gasteiger partial charge in [0.2, 0.25) is 11.7 Å². The third-order valence-electron chi connectivity index (χ3n) is 2.73. The van der Waals surface area contributed by atoms with Crippen molar-refractivity contribution in [3.8, 4) is 11.4 Å². The first-order valence-electron chi connectivity index (χ1n) is 6.25. The normalized spacial score (nSPS) is 10.5. The molecule has 3 rings (SSSR count). The van der Waals surface area contributed by atoms with Crippen LogP contribution in [0.15, 0.2) is 35.8 Å². The maximum atomic E-state index is 11.8. The molecule has 0 radical (unpaired) electrons. The molecule has 2 aromatic heterocycles. The Morgan fingerprint density at radius 1 is 1.33 bits per heavy atom. The third-order valence-corrected chi connectivity index (χ3v) is 3.41. The van der Waals surface area contributed by atoms with Gasteiger partial charge in [-0.25, -0.2) is 4.98 Å². The summed E-state index contributed by atoms with van der Waals surface area (Å²) < 4.78 is 0. The van der Waals surface area contributed by atoms with Gasteiger partial charge in [-0.15, -0.1) is 21.5 Å². The molecule has 0 aliphatic heterocycles. The zero-order valence-electron chi connectivity index (χ0n) is 11.2. The standard InChI is InChI=1S/C13H12N6OS/c1-9-2-4-10(5-3-9)12-16-18-19(17-12)8-11(20)15-13-14-6-7-21-13/h2-7H,8H2,1H3,(H,14,15,20). The van der Waals surface area contributed by atoms with Crippen molar-refractivity contribution in [1.82, 2.24) is 25.2 Å². The van der Waals surface area contributed by atoms with Crippen molar-refractivity contribution in [2.45, 2.75) is 13.5 Å². The lowest BCUT2D eigenvalue weighted by Gasteiger charge is -1.99. The zero-order chi connectivity index (χ0) is 14.7. The van der Waals surface area contributed by atoms with Crippen molar-refractivity contribution < 1.29 is 4.79 Å². The lowest BCUT2D eigenvalue weighted by atomic mass is 10.1. The van der Waals surface area contributed by atoms with E-state index in [2.05, 4.69) is 25.7 Å². The zero-order valence-corrected chi connectivity index (χ0v) is 12.0. The van der Waals surface area contributed by atoms with Crippen LogP contribution < -0.4 is 5.32 Å². The lowest BCUT2D eigenvalue weighted by Crippen LogP contribution is -2.20. The molecule has 0 unspecified atom stereocenters. The molecule has 2 heterocycles. The minimum atomic E-state index is -0.238. The van der Waals surface area contributed by atoms with Crippen LogP contribution in [0.5, 0.6) is 0 Å². The van der Waals surface area contributed by atoms with Gasteiger partial charge in [0.25, 0.3) is 0 Å². The summed E-state index contributed by atoms with van der Waals surface area (Å²) in [6.45, 7) is 2.01. The van der Waals surface area contributed by atoms with E-state index in [1.807, 2.05) is 31.2 Å². The summed E-state index contributed by atoms with van der Waals surface area (Å²) in [7, 11) is 0. The Hall–Kier alpha value is -2.61. The van der Waals surface area contributed by atoms with E-state index >= 15 is 0 Å². The summed E-state index contributed by atoms with van der Waals surface area (Å²) in [6.07, 6.45) is 1.63. The molecule has 1 N–H and O–H groups in total. The van der Waals surface area contributed by atoms with E-state index < -0.39 is 0 Å². The number of aromatic nitrogens is 5. The van der Waals surface area contributed by atoms with Gasteiger partial charge in [-0.3, -0.25) is 4.79 Å². The summed E-state index contributed by atoms with van der Waals surface area (Å²) in [6, 6.07) is 7.80. The van der Waals surface area contributed by atoms with E-state index in [0.717, 1.165) is 11.1 Å². The van der Waals surface area contributed by atoms with E-state index in [0.29, 0.717) is 11.0 Å². The molecule has 3 aromatic rings. The molecule has 7 nitrogen and oxygen atoms in total. The molecule has 0 aliphatic carbocycles. The van der Waals surface area contributed by atoms with Crippen LogP contribution in [0.2, 0.25) is 0 Å². The first-order valence-corrected chi connectivity index (χ1v) is 7.13. The summed E-state index contributed by atoms with van der Waals surface area (Å²) in [5.74, 6) is 0.259. The molecule has 8 heteroatoms. The van der Waals surface area contributed by atoms with Crippen LogP contribution in [0.25, 0.3) is 11.4 Å². The topological polar surface area (TPSA) is 85.6 Å². The number of anilines is 1. The largest absolute Gasteiger partial charge is 0.300 e. The number of benzene rings is 1. The SMILES string of the molecule is Cc1ccc(-c2nnn(CC(=O)Nc3nccs3)n2)cc1. The summed E-state index contributed by atoms with van der Waals surface area (Å²) >= 11 is 1.36. The van der Waals surface area contributed by atoms with Gasteiger partial charge in [0.15, 0.2) is 5.13 Å². The van der Waals surface area contributed by atoms with Crippen LogP contribution in [0.1, 0.15) is 5.56 Å². The molecule has 0 saturated carbocycles. The maximum Gasteiger partial charge on any atom is 0.249 e. The molecule has 0 bridgehead atoms. The molecular formula is C13H12N6OS. The summed E-state index contributed by atoms with van der Waals surface area (Å²) in [4.78, 5) is 17.0. The number of carbonyl (C=O) groups is 1. The second kappa shape index (κ2) is 5.80. The van der Waals surface area contributed by atoms with Gasteiger partial charge in [0.1, 0.15) is 6.54 Å². The first kappa shape index (κ1) is 13.4. The first-order chi connectivity index (χ1) is 10.2. The Kier molecular flexibility index (Phi) is 3.69. The van der Waals surface area contributed by atoms with Gasteiger partial charge in [-0.05, 0) is 12.1 Å². The highest BCUT2D eigenvalue weighted by molar-refractivity contribution is 7.13. The lowest BCUT2D eigenvalue weighted by molar-refractivity contribution is -0.117. The Labute approximate surface area is 124 Å². The predicted octanol–water partition coefficient (Wildman–Crippen LogP) is 1.74. The predicted molar refractivity (Wildman–Crippen MR) is 78.7 cm³/mol. The van der Waals surface area contributed by atoms with E-state index in [4.69, 9.17) is 0 Å². The van der Waals surface area contributed by atoms with Crippen LogP contribution in [0.4, 0.5) is 5.13 Å². The van der Waals surface area contributed by atoms with Crippen molar-refractivity contribution in [3.63, 3.8) is 0 Å². The highest BCUT2D eigenvalue weighted by atomic mass is 32.1. The van der Waals surface area contributed by atoms with Gasteiger partial charge in [0.05, 0.1) is 0 Å². The minimum Gasteiger partial charge on any atom is -0.300 e. The number of aryl methyl sites for hydroxylation is 1. The smallest absolute Gasteiger partial charge is 0.249 e. The number of hydrogen-bond donors (Lipinski definition) is 1. The number of hydrogen-bond acceptors (Lipinski definition) is 6. The highest BCUT2D eigenvalue weighted by Gasteiger charge is 2.10. The van der Waals surface area contributed by atoms with Gasteiger partial charge >= 0.3 is 0 Å². The fourth-order valence-corrected chi connectivity index (χ4v) is 2.25. The van der Waals surface area contributed by atoms with Crippen LogP contribution in [-0.2, 0) is 11.3 Å². The minimum absolute atomic E-state index is 0.00155. The molecule has 0 atom stereocenters. The van der Waals surface area contributed by atoms with Crippen LogP contribution >= 0.6 is 11.3 Å². The molecular weight excluding hydrogens is 288 g/mol. The number of rotatable bonds is 4. The molecule has 0 aliphatic rings. The van der Waals surface area contributed by atoms with Crippen molar-refractivity contribution in [1.29, 1.82) is 0 Å². The summed E-state index contributed by atoms with van der Waals surface area (Å²) in [5, 5.41) is 17.0. The van der Waals surface area contributed by atoms with Gasteiger partial charge in [-0.2, -0.15) is 4.80 Å². The second-order valence-electron chi connectivity index (χ2n) is 4.39. The number of thiazole rings is 1. The van der Waals surface area contributed by atoms with Crippen molar-refractivity contribution in [2.24, 2.45) is 0 Å². The van der Waals surface area contributed by atoms with Gasteiger partial charge in [-0.1, -0.05) is 29.8 Å². The third kappa shape index (κ3) is 3.29. The Bertz CT molecular complexity index is 734. The van der Waals surface area contributed by atoms with Crippen LogP contribution in [0.3, 0.4) is 0 Å². The number of amides is 1. The second-order valence-corrected chi connectivity index (χ2v) is 5.29. The fourth-order valence-electron chi connectivity index (χ4n) is 1.70. The summed E-state index contributed by atoms with van der Waals surface area (Å²) in [5.41, 5.74) is 2.03. The average Bonchev–Trinajstić information content (AvgIpc) is 3.11. The van der Waals surface area contributed by atoms with Crippen molar-refractivity contribution in [3.05, 3.63) is 41.4 Å². The molecule has 106 valence electrons. The Morgan fingerprint density at radius 3 is 2.86 bits per heavy atom. The number of nitrogens with one attached hydrogen (secondary N) is 1. The molecule has 1 amide bonds. The maximum absolute atomic E-state index is 11.8. The van der Waals surface area contributed by atoms with E-state index in [9.17, 15) is 4.79 Å². The average molecular weight is 300 g/mol. The number of carbonyl (C=O) groups excluding carboxylic acids is 1. The molecule has 0 spiro atoms. The number of nitrogens with zero attached hydrogens (tertiary/aromatic N) is 5. The molecule has 21 heavy (non-hydrogen) atoms. The van der Waals surface area contributed by atoms with Gasteiger partial charge in [0, 0.05) is 17.1 Å². The van der Waals surface area contributed by atoms with Crippen LogP contribution in [0, 0.1) is 6.92 Å². The quantitative estimate of drug-likeness (QED) is 0.793. The van der Waals surface area contributed by atoms with Crippen LogP contribution in [-0.4, -0.2) is 31.1 Å². The van der Waals surface area contributed by atoms with E-state index in [-0.39, 0.29) is 12.5 Å². The molecule has 1 aromatic carbocycles. The molecule has 0 saturated heterocycles. The fraction of sp³-hybridized carbons (Fsp3) is 0.154. The number of tetrazole rings is 1. The van der Waals surface area contributed by atoms with Crippen molar-refractivity contribution in [2.75, 3.05) is 5.32 Å². The monoisotopic (exact) mass is 300 g/mol.